The zero-order chi connectivity index (χ0) is 18.3. The zero-order valence-electron chi connectivity index (χ0n) is 15.0. The van der Waals surface area contributed by atoms with Gasteiger partial charge < -0.3 is 10.1 Å². The molecule has 0 aliphatic rings. The Balaban J connectivity index is 1.85. The average Bonchev–Trinajstić information content (AvgIpc) is 3.10. The van der Waals surface area contributed by atoms with Gasteiger partial charge in [0.1, 0.15) is 9.96 Å². The Kier molecular flexibility index (Phi) is 7.43. The van der Waals surface area contributed by atoms with E-state index in [9.17, 15) is 8.42 Å². The topological polar surface area (TPSA) is 58.6 Å². The lowest BCUT2D eigenvalue weighted by molar-refractivity contribution is 0.414. The maximum Gasteiger partial charge on any atom is 0.252 e. The molecule has 0 saturated carbocycles. The predicted molar refractivity (Wildman–Crippen MR) is 103 cm³/mol. The molecule has 0 aliphatic carbocycles. The van der Waals surface area contributed by atoms with Crippen molar-refractivity contribution in [1.29, 1.82) is 0 Å². The molecular formula is C18H26N2O3S2. The van der Waals surface area contributed by atoms with Crippen LogP contribution in [0.1, 0.15) is 24.3 Å². The molecule has 0 amide bonds. The summed E-state index contributed by atoms with van der Waals surface area (Å²) in [5.74, 6) is 0.851. The number of sulfonamides is 1. The van der Waals surface area contributed by atoms with Crippen LogP contribution in [0.4, 0.5) is 0 Å². The molecular weight excluding hydrogens is 356 g/mol. The van der Waals surface area contributed by atoms with E-state index in [1.807, 2.05) is 44.2 Å². The quantitative estimate of drug-likeness (QED) is 0.642. The van der Waals surface area contributed by atoms with Gasteiger partial charge in [-0.2, -0.15) is 4.31 Å². The van der Waals surface area contributed by atoms with Gasteiger partial charge in [-0.05, 0) is 36.2 Å². The number of thiophene rings is 1. The normalized spacial score (nSPS) is 11.8. The molecule has 0 radical (unpaired) electrons. The summed E-state index contributed by atoms with van der Waals surface area (Å²) in [6.07, 6.45) is 0.814. The molecule has 7 heteroatoms. The summed E-state index contributed by atoms with van der Waals surface area (Å²) in [6, 6.07) is 11.6. The van der Waals surface area contributed by atoms with E-state index < -0.39 is 10.0 Å². The Bertz CT molecular complexity index is 751. The molecule has 1 aromatic heterocycles. The second kappa shape index (κ2) is 9.33. The van der Waals surface area contributed by atoms with Crippen LogP contribution in [0, 0.1) is 0 Å². The van der Waals surface area contributed by atoms with Gasteiger partial charge in [-0.25, -0.2) is 8.42 Å². The minimum Gasteiger partial charge on any atom is -0.497 e. The van der Waals surface area contributed by atoms with Gasteiger partial charge in [-0.1, -0.05) is 26.0 Å². The largest absolute Gasteiger partial charge is 0.497 e. The molecule has 2 rings (SSSR count). The van der Waals surface area contributed by atoms with E-state index in [1.54, 1.807) is 13.2 Å². The number of benzene rings is 1. The molecule has 0 unspecified atom stereocenters. The number of hydrogen-bond acceptors (Lipinski definition) is 5. The number of nitrogens with one attached hydrogen (secondary N) is 1. The van der Waals surface area contributed by atoms with Crippen LogP contribution in [0.5, 0.6) is 5.75 Å². The van der Waals surface area contributed by atoms with E-state index in [2.05, 4.69) is 5.32 Å². The van der Waals surface area contributed by atoms with Crippen LogP contribution >= 0.6 is 11.3 Å². The van der Waals surface area contributed by atoms with Crippen molar-refractivity contribution in [3.8, 4) is 5.75 Å². The predicted octanol–water partition coefficient (Wildman–Crippen LogP) is 3.12. The molecule has 0 fully saturated rings. The summed E-state index contributed by atoms with van der Waals surface area (Å²) in [5, 5.41) is 3.39. The fourth-order valence-electron chi connectivity index (χ4n) is 2.51. The minimum absolute atomic E-state index is 0.432. The van der Waals surface area contributed by atoms with Gasteiger partial charge in [0.2, 0.25) is 0 Å². The van der Waals surface area contributed by atoms with Crippen molar-refractivity contribution in [2.75, 3.05) is 26.7 Å². The highest BCUT2D eigenvalue weighted by Crippen LogP contribution is 2.25. The molecule has 1 aromatic carbocycles. The fraction of sp³-hybridized carbons (Fsp3) is 0.444. The van der Waals surface area contributed by atoms with Gasteiger partial charge in [-0.15, -0.1) is 11.3 Å². The molecule has 1 N–H and O–H groups in total. The smallest absolute Gasteiger partial charge is 0.252 e. The Hall–Kier alpha value is -1.41. The summed E-state index contributed by atoms with van der Waals surface area (Å²) >= 11 is 1.36. The van der Waals surface area contributed by atoms with Crippen LogP contribution in [0.2, 0.25) is 0 Å². The molecule has 0 aliphatic heterocycles. The van der Waals surface area contributed by atoms with Crippen LogP contribution in [0.15, 0.2) is 40.6 Å². The van der Waals surface area contributed by atoms with Gasteiger partial charge >= 0.3 is 0 Å². The highest BCUT2D eigenvalue weighted by atomic mass is 32.2. The van der Waals surface area contributed by atoms with Crippen LogP contribution in [0.3, 0.4) is 0 Å². The lowest BCUT2D eigenvalue weighted by Gasteiger charge is -2.16. The van der Waals surface area contributed by atoms with Gasteiger partial charge in [0.05, 0.1) is 7.11 Å². The number of hydrogen-bond donors (Lipinski definition) is 1. The van der Waals surface area contributed by atoms with Crippen LogP contribution < -0.4 is 10.1 Å². The van der Waals surface area contributed by atoms with E-state index >= 15 is 0 Å². The van der Waals surface area contributed by atoms with Crippen molar-refractivity contribution in [3.63, 3.8) is 0 Å². The zero-order valence-corrected chi connectivity index (χ0v) is 16.6. The van der Waals surface area contributed by atoms with Crippen molar-refractivity contribution in [2.24, 2.45) is 0 Å². The second-order valence-electron chi connectivity index (χ2n) is 5.58. The minimum atomic E-state index is -3.34. The first-order valence-corrected chi connectivity index (χ1v) is 10.7. The van der Waals surface area contributed by atoms with Crippen molar-refractivity contribution in [1.82, 2.24) is 9.62 Å². The van der Waals surface area contributed by atoms with Gasteiger partial charge in [0.15, 0.2) is 0 Å². The summed E-state index contributed by atoms with van der Waals surface area (Å²) in [4.78, 5) is 1.08. The van der Waals surface area contributed by atoms with Gasteiger partial charge in [0, 0.05) is 31.1 Å². The van der Waals surface area contributed by atoms with E-state index in [0.717, 1.165) is 30.1 Å². The molecule has 5 nitrogen and oxygen atoms in total. The van der Waals surface area contributed by atoms with Crippen LogP contribution in [0.25, 0.3) is 0 Å². The third-order valence-corrected chi connectivity index (χ3v) is 7.64. The van der Waals surface area contributed by atoms with Crippen LogP contribution in [-0.2, 0) is 23.0 Å². The van der Waals surface area contributed by atoms with Crippen molar-refractivity contribution in [3.05, 3.63) is 46.8 Å². The Morgan fingerprint density at radius 2 is 1.76 bits per heavy atom. The summed E-state index contributed by atoms with van der Waals surface area (Å²) < 4.78 is 32.0. The Morgan fingerprint density at radius 3 is 2.36 bits per heavy atom. The van der Waals surface area contributed by atoms with E-state index in [0.29, 0.717) is 17.3 Å². The molecule has 25 heavy (non-hydrogen) atoms. The van der Waals surface area contributed by atoms with E-state index in [4.69, 9.17) is 4.74 Å². The molecule has 0 atom stereocenters. The monoisotopic (exact) mass is 382 g/mol. The maximum atomic E-state index is 12.5. The number of rotatable bonds is 10. The summed E-state index contributed by atoms with van der Waals surface area (Å²) in [7, 11) is -1.69. The average molecular weight is 383 g/mol. The molecule has 2 aromatic rings. The Morgan fingerprint density at radius 1 is 1.08 bits per heavy atom. The fourth-order valence-corrected chi connectivity index (χ4v) is 5.48. The van der Waals surface area contributed by atoms with Gasteiger partial charge in [0.25, 0.3) is 10.0 Å². The Labute approximate surface area is 154 Å². The highest BCUT2D eigenvalue weighted by molar-refractivity contribution is 7.91. The number of ether oxygens (including phenoxy) is 1. The lowest BCUT2D eigenvalue weighted by atomic mass is 10.2. The lowest BCUT2D eigenvalue weighted by Crippen LogP contribution is -2.29. The summed E-state index contributed by atoms with van der Waals surface area (Å²) in [6.45, 7) is 6.29. The van der Waals surface area contributed by atoms with Gasteiger partial charge in [-0.3, -0.25) is 0 Å². The molecule has 0 spiro atoms. The molecule has 1 heterocycles. The maximum absolute atomic E-state index is 12.5. The summed E-state index contributed by atoms with van der Waals surface area (Å²) in [5.41, 5.74) is 1.19. The first kappa shape index (κ1) is 19.9. The second-order valence-corrected chi connectivity index (χ2v) is 8.92. The van der Waals surface area contributed by atoms with E-state index in [1.165, 1.54) is 21.2 Å². The highest BCUT2D eigenvalue weighted by Gasteiger charge is 2.23. The number of nitrogens with zero attached hydrogens (tertiary/aromatic N) is 1. The van der Waals surface area contributed by atoms with Crippen LogP contribution in [-0.4, -0.2) is 39.5 Å². The third-order valence-electron chi connectivity index (χ3n) is 3.97. The SMILES string of the molecule is CCN(CC)S(=O)(=O)c1ccc(CCNCc2ccc(OC)cc2)s1. The molecule has 0 bridgehead atoms. The number of methoxy groups -OCH3 is 1. The van der Waals surface area contributed by atoms with Crippen molar-refractivity contribution in [2.45, 2.75) is 31.0 Å². The first-order chi connectivity index (χ1) is 12.0. The third kappa shape index (κ3) is 5.28. The molecule has 138 valence electrons. The molecule has 0 saturated heterocycles. The van der Waals surface area contributed by atoms with E-state index in [-0.39, 0.29) is 0 Å². The van der Waals surface area contributed by atoms with Crippen molar-refractivity contribution < 1.29 is 13.2 Å². The first-order valence-electron chi connectivity index (χ1n) is 8.43. The van der Waals surface area contributed by atoms with Crippen molar-refractivity contribution >= 4 is 21.4 Å². The standard InChI is InChI=1S/C18H26N2O3S2/c1-4-20(5-2)25(21,22)18-11-10-17(24-18)12-13-19-14-15-6-8-16(23-3)9-7-15/h6-11,19H,4-5,12-14H2,1-3H3.